The van der Waals surface area contributed by atoms with Crippen LogP contribution in [0.15, 0.2) is 5.51 Å². The molecule has 98 valence electrons. The molecule has 5 heteroatoms. The van der Waals surface area contributed by atoms with Gasteiger partial charge in [-0.3, -0.25) is 0 Å². The zero-order chi connectivity index (χ0) is 12.5. The molecular formula is C12H23N3OS. The first-order valence-electron chi connectivity index (χ1n) is 6.02. The van der Waals surface area contributed by atoms with Gasteiger partial charge in [-0.1, -0.05) is 0 Å². The lowest BCUT2D eigenvalue weighted by atomic mass is 10.3. The lowest BCUT2D eigenvalue weighted by molar-refractivity contribution is 0.119. The van der Waals surface area contributed by atoms with Crippen molar-refractivity contribution in [2.24, 2.45) is 0 Å². The highest BCUT2D eigenvalue weighted by atomic mass is 32.1. The fourth-order valence-electron chi connectivity index (χ4n) is 1.39. The van der Waals surface area contributed by atoms with E-state index >= 15 is 0 Å². The molecule has 0 bridgehead atoms. The summed E-state index contributed by atoms with van der Waals surface area (Å²) >= 11 is 1.74. The number of likely N-dealkylation sites (N-methyl/N-ethyl adjacent to an activating group) is 1. The second kappa shape index (κ2) is 8.58. The van der Waals surface area contributed by atoms with E-state index in [-0.39, 0.29) is 0 Å². The van der Waals surface area contributed by atoms with Crippen LogP contribution >= 0.6 is 11.3 Å². The number of aryl methyl sites for hydroxylation is 1. The summed E-state index contributed by atoms with van der Waals surface area (Å²) in [4.78, 5) is 7.74. The zero-order valence-electron chi connectivity index (χ0n) is 11.0. The number of hydrogen-bond acceptors (Lipinski definition) is 5. The minimum absolute atomic E-state index is 0.787. The summed E-state index contributed by atoms with van der Waals surface area (Å²) in [7, 11) is 4.11. The van der Waals surface area contributed by atoms with Crippen molar-refractivity contribution in [3.8, 4) is 0 Å². The standard InChI is InChI=1S/C12H23N3OS/c1-11-12(17-10-14-11)4-5-13-6-8-16-9-7-15(2)3/h10,13H,4-9H2,1-3H3. The van der Waals surface area contributed by atoms with E-state index in [1.807, 2.05) is 5.51 Å². The minimum Gasteiger partial charge on any atom is -0.379 e. The van der Waals surface area contributed by atoms with Crippen molar-refractivity contribution in [3.63, 3.8) is 0 Å². The first kappa shape index (κ1) is 14.6. The maximum absolute atomic E-state index is 5.49. The third-order valence-corrected chi connectivity index (χ3v) is 3.47. The summed E-state index contributed by atoms with van der Waals surface area (Å²) in [6.45, 7) is 6.57. The van der Waals surface area contributed by atoms with Gasteiger partial charge in [0.25, 0.3) is 0 Å². The monoisotopic (exact) mass is 257 g/mol. The second-order valence-electron chi connectivity index (χ2n) is 4.28. The predicted molar refractivity (Wildman–Crippen MR) is 72.8 cm³/mol. The topological polar surface area (TPSA) is 37.4 Å². The van der Waals surface area contributed by atoms with Gasteiger partial charge in [0.05, 0.1) is 24.4 Å². The molecule has 0 spiro atoms. The van der Waals surface area contributed by atoms with Gasteiger partial charge < -0.3 is 15.0 Å². The number of ether oxygens (including phenoxy) is 1. The summed E-state index contributed by atoms with van der Waals surface area (Å²) in [5, 5.41) is 3.38. The molecule has 0 amide bonds. The quantitative estimate of drug-likeness (QED) is 0.674. The van der Waals surface area contributed by atoms with Gasteiger partial charge in [-0.15, -0.1) is 11.3 Å². The molecule has 0 atom stereocenters. The molecule has 0 fully saturated rings. The normalized spacial score (nSPS) is 11.3. The smallest absolute Gasteiger partial charge is 0.0797 e. The first-order chi connectivity index (χ1) is 8.20. The maximum atomic E-state index is 5.49. The van der Waals surface area contributed by atoms with Gasteiger partial charge in [0.1, 0.15) is 0 Å². The van der Waals surface area contributed by atoms with E-state index in [4.69, 9.17) is 4.74 Å². The van der Waals surface area contributed by atoms with Gasteiger partial charge in [-0.25, -0.2) is 4.98 Å². The molecule has 0 saturated heterocycles. The summed E-state index contributed by atoms with van der Waals surface area (Å²) in [5.74, 6) is 0. The highest BCUT2D eigenvalue weighted by Crippen LogP contribution is 2.11. The predicted octanol–water partition coefficient (Wildman–Crippen LogP) is 1.16. The molecule has 0 aliphatic rings. The van der Waals surface area contributed by atoms with Crippen LogP contribution in [0.5, 0.6) is 0 Å². The Hall–Kier alpha value is -0.490. The summed E-state index contributed by atoms with van der Waals surface area (Å²) < 4.78 is 5.49. The number of thiazole rings is 1. The summed E-state index contributed by atoms with van der Waals surface area (Å²) in [6, 6.07) is 0. The summed E-state index contributed by atoms with van der Waals surface area (Å²) in [5.41, 5.74) is 3.08. The molecule has 0 aliphatic heterocycles. The Kier molecular flexibility index (Phi) is 7.35. The van der Waals surface area contributed by atoms with Gasteiger partial charge in [0.2, 0.25) is 0 Å². The van der Waals surface area contributed by atoms with E-state index in [1.54, 1.807) is 11.3 Å². The Bertz CT molecular complexity index is 302. The Balaban J connectivity index is 1.90. The highest BCUT2D eigenvalue weighted by molar-refractivity contribution is 7.09. The minimum atomic E-state index is 0.787. The van der Waals surface area contributed by atoms with E-state index in [1.165, 1.54) is 10.6 Å². The lowest BCUT2D eigenvalue weighted by Gasteiger charge is -2.10. The fraction of sp³-hybridized carbons (Fsp3) is 0.750. The van der Waals surface area contributed by atoms with Crippen LogP contribution in [0.2, 0.25) is 0 Å². The molecule has 4 nitrogen and oxygen atoms in total. The van der Waals surface area contributed by atoms with Crippen LogP contribution in [0, 0.1) is 6.92 Å². The maximum Gasteiger partial charge on any atom is 0.0797 e. The Labute approximate surface area is 108 Å². The van der Waals surface area contributed by atoms with Gasteiger partial charge in [0, 0.05) is 24.5 Å². The number of aromatic nitrogens is 1. The molecule has 1 aromatic rings. The fourth-order valence-corrected chi connectivity index (χ4v) is 2.17. The molecule has 1 aromatic heterocycles. The second-order valence-corrected chi connectivity index (χ2v) is 5.22. The lowest BCUT2D eigenvalue weighted by Crippen LogP contribution is -2.24. The van der Waals surface area contributed by atoms with Crippen LogP contribution < -0.4 is 5.32 Å². The third kappa shape index (κ3) is 6.73. The van der Waals surface area contributed by atoms with Crippen molar-refractivity contribution in [2.75, 3.05) is 46.9 Å². The van der Waals surface area contributed by atoms with E-state index in [0.29, 0.717) is 0 Å². The SMILES string of the molecule is Cc1ncsc1CCNCCOCCN(C)C. The van der Waals surface area contributed by atoms with Gasteiger partial charge >= 0.3 is 0 Å². The van der Waals surface area contributed by atoms with Crippen molar-refractivity contribution < 1.29 is 4.74 Å². The van der Waals surface area contributed by atoms with Crippen molar-refractivity contribution in [3.05, 3.63) is 16.1 Å². The van der Waals surface area contributed by atoms with Crippen LogP contribution in [-0.2, 0) is 11.2 Å². The van der Waals surface area contributed by atoms with E-state index in [2.05, 4.69) is 36.2 Å². The molecule has 0 radical (unpaired) electrons. The zero-order valence-corrected chi connectivity index (χ0v) is 11.8. The van der Waals surface area contributed by atoms with E-state index < -0.39 is 0 Å². The largest absolute Gasteiger partial charge is 0.379 e. The number of rotatable bonds is 9. The first-order valence-corrected chi connectivity index (χ1v) is 6.90. The van der Waals surface area contributed by atoms with Crippen LogP contribution in [0.3, 0.4) is 0 Å². The average Bonchev–Trinajstić information content (AvgIpc) is 2.68. The molecule has 0 aliphatic carbocycles. The molecule has 1 rings (SSSR count). The van der Waals surface area contributed by atoms with Gasteiger partial charge in [-0.05, 0) is 27.4 Å². The third-order valence-electron chi connectivity index (χ3n) is 2.48. The van der Waals surface area contributed by atoms with Gasteiger partial charge in [-0.2, -0.15) is 0 Å². The molecule has 0 unspecified atom stereocenters. The van der Waals surface area contributed by atoms with Crippen molar-refractivity contribution in [2.45, 2.75) is 13.3 Å². The van der Waals surface area contributed by atoms with E-state index in [9.17, 15) is 0 Å². The van der Waals surface area contributed by atoms with Crippen LogP contribution in [0.1, 0.15) is 10.6 Å². The summed E-state index contributed by atoms with van der Waals surface area (Å²) in [6.07, 6.45) is 1.06. The Morgan fingerprint density at radius 3 is 2.82 bits per heavy atom. The molecule has 1 heterocycles. The molecular weight excluding hydrogens is 234 g/mol. The van der Waals surface area contributed by atoms with Crippen molar-refractivity contribution in [1.82, 2.24) is 15.2 Å². The molecule has 0 aromatic carbocycles. The molecule has 17 heavy (non-hydrogen) atoms. The number of hydrogen-bond donors (Lipinski definition) is 1. The van der Waals surface area contributed by atoms with E-state index in [0.717, 1.165) is 39.3 Å². The van der Waals surface area contributed by atoms with Crippen molar-refractivity contribution in [1.29, 1.82) is 0 Å². The van der Waals surface area contributed by atoms with Gasteiger partial charge in [0.15, 0.2) is 0 Å². The number of nitrogens with one attached hydrogen (secondary N) is 1. The average molecular weight is 257 g/mol. The molecule has 1 N–H and O–H groups in total. The Morgan fingerprint density at radius 1 is 1.35 bits per heavy atom. The van der Waals surface area contributed by atoms with Crippen LogP contribution in [-0.4, -0.2) is 56.8 Å². The Morgan fingerprint density at radius 2 is 2.18 bits per heavy atom. The highest BCUT2D eigenvalue weighted by Gasteiger charge is 1.99. The van der Waals surface area contributed by atoms with Crippen LogP contribution in [0.4, 0.5) is 0 Å². The van der Waals surface area contributed by atoms with Crippen molar-refractivity contribution >= 4 is 11.3 Å². The molecule has 0 saturated carbocycles. The van der Waals surface area contributed by atoms with Crippen LogP contribution in [0.25, 0.3) is 0 Å². The number of nitrogens with zero attached hydrogens (tertiary/aromatic N) is 2.